The van der Waals surface area contributed by atoms with Gasteiger partial charge in [0.25, 0.3) is 0 Å². The second-order valence-corrected chi connectivity index (χ2v) is 15.8. The number of hydrogen-bond donors (Lipinski definition) is 0. The molecule has 0 bridgehead atoms. The van der Waals surface area contributed by atoms with Crippen molar-refractivity contribution in [2.45, 2.75) is 19.3 Å². The van der Waals surface area contributed by atoms with Crippen molar-refractivity contribution in [2.75, 3.05) is 4.90 Å². The van der Waals surface area contributed by atoms with Crippen LogP contribution in [0.2, 0.25) is 0 Å². The van der Waals surface area contributed by atoms with E-state index in [9.17, 15) is 0 Å². The molecule has 0 unspecified atom stereocenters. The number of benzene rings is 10. The van der Waals surface area contributed by atoms with E-state index in [1.54, 1.807) is 24.3 Å². The van der Waals surface area contributed by atoms with Gasteiger partial charge in [-0.15, -0.1) is 0 Å². The molecule has 2 heteroatoms. The van der Waals surface area contributed by atoms with Gasteiger partial charge >= 0.3 is 0 Å². The lowest BCUT2D eigenvalue weighted by Gasteiger charge is -2.33. The average Bonchev–Trinajstić information content (AvgIpc) is 3.91. The Labute approximate surface area is 375 Å². The van der Waals surface area contributed by atoms with Crippen LogP contribution >= 0.6 is 0 Å². The number of rotatable bonds is 6. The predicted molar refractivity (Wildman–Crippen MR) is 257 cm³/mol. The van der Waals surface area contributed by atoms with E-state index in [2.05, 4.69) is 43.0 Å². The Bertz CT molecular complexity index is 4140. The van der Waals surface area contributed by atoms with E-state index < -0.39 is 77.9 Å². The molecule has 0 saturated heterocycles. The Morgan fingerprint density at radius 1 is 0.443 bits per heavy atom. The number of para-hydroxylation sites is 2. The molecule has 0 amide bonds. The first-order chi connectivity index (χ1) is 35.8. The van der Waals surface area contributed by atoms with E-state index in [0.29, 0.717) is 28.1 Å². The van der Waals surface area contributed by atoms with Crippen LogP contribution < -0.4 is 4.90 Å². The molecule has 1 heterocycles. The summed E-state index contributed by atoms with van der Waals surface area (Å²) in [5.41, 5.74) is 9.70. The molecular weight excluding hydrogens is 739 g/mol. The minimum absolute atomic E-state index is 0.0302. The van der Waals surface area contributed by atoms with Gasteiger partial charge < -0.3 is 9.32 Å². The summed E-state index contributed by atoms with van der Waals surface area (Å²) < 4.78 is 129. The summed E-state index contributed by atoms with van der Waals surface area (Å²) in [4.78, 5) is 2.07. The maximum absolute atomic E-state index is 9.12. The normalized spacial score (nSPS) is 16.1. The van der Waals surface area contributed by atoms with E-state index in [1.165, 1.54) is 0 Å². The lowest BCUT2D eigenvalue weighted by atomic mass is 9.80. The molecule has 0 spiro atoms. The van der Waals surface area contributed by atoms with Crippen molar-refractivity contribution in [3.05, 3.63) is 223 Å². The summed E-state index contributed by atoms with van der Waals surface area (Å²) in [5.74, 6) is 0. The van der Waals surface area contributed by atoms with E-state index >= 15 is 0 Å². The van der Waals surface area contributed by atoms with Gasteiger partial charge in [-0.25, -0.2) is 0 Å². The highest BCUT2D eigenvalue weighted by Crippen LogP contribution is 2.56. The molecule has 0 radical (unpaired) electrons. The minimum atomic E-state index is -0.571. The zero-order valence-electron chi connectivity index (χ0n) is 47.0. The Morgan fingerprint density at radius 3 is 1.67 bits per heavy atom. The van der Waals surface area contributed by atoms with Crippen LogP contribution in [-0.4, -0.2) is 0 Å². The summed E-state index contributed by atoms with van der Waals surface area (Å²) in [6.45, 7) is 4.36. The van der Waals surface area contributed by atoms with E-state index in [4.69, 9.17) is 23.6 Å². The third-order valence-electron chi connectivity index (χ3n) is 12.0. The molecule has 0 atom stereocenters. The second-order valence-electron chi connectivity index (χ2n) is 15.8. The van der Waals surface area contributed by atoms with Crippen molar-refractivity contribution in [1.29, 1.82) is 0 Å². The number of furan rings is 1. The standard InChI is InChI=1S/C59H41NO/c1-59(2)54-26-9-7-20-50(54)53-36-42(49-24-13-25-52-51-21-8-10-27-56(51)61-58(49)52)37-55(57(53)59)60(43-32-28-40(29-33-43)47-22-11-16-38-14-3-5-18-45(38)47)44-34-30-41(31-35-44)48-23-12-17-39-15-4-6-19-46(39)48/h3-37H,1-2H3/i3D,4D,5D,6D,11D,12D,14D,15D,16D,17D,18D,19D,22D,23D. The maximum atomic E-state index is 9.12. The molecule has 11 aromatic rings. The monoisotopic (exact) mass is 793 g/mol. The first kappa shape index (κ1) is 23.8. The SMILES string of the molecule is [2H]c1c([2H])c([2H])c2c(-c3ccc(N(c4ccc(-c5c([2H])c([2H])c([2H])c6c([2H])c([2H])c([2H])c([2H])c56)cc4)c4cc(-c5cccc6c5oc5ccccc56)cc5c4C(C)(C)c4ccccc4-5)cc3)c([2H])c([2H])c([2H])c2c1[2H]. The molecule has 0 fully saturated rings. The summed E-state index contributed by atoms with van der Waals surface area (Å²) in [7, 11) is 0. The van der Waals surface area contributed by atoms with E-state index in [0.717, 1.165) is 55.4 Å². The van der Waals surface area contributed by atoms with Crippen molar-refractivity contribution in [3.63, 3.8) is 0 Å². The molecule has 1 aromatic heterocycles. The number of hydrogen-bond acceptors (Lipinski definition) is 2. The zero-order valence-corrected chi connectivity index (χ0v) is 33.0. The number of fused-ring (bicyclic) bond motifs is 8. The fourth-order valence-corrected chi connectivity index (χ4v) is 9.24. The highest BCUT2D eigenvalue weighted by atomic mass is 16.3. The largest absolute Gasteiger partial charge is 0.455 e. The molecular formula is C59H41NO. The quantitative estimate of drug-likeness (QED) is 0.167. The highest BCUT2D eigenvalue weighted by molar-refractivity contribution is 6.10. The maximum Gasteiger partial charge on any atom is 0.143 e. The molecule has 0 aliphatic heterocycles. The molecule has 61 heavy (non-hydrogen) atoms. The number of anilines is 3. The Balaban J connectivity index is 1.13. The first-order valence-corrected chi connectivity index (χ1v) is 20.0. The third-order valence-corrected chi connectivity index (χ3v) is 12.0. The van der Waals surface area contributed by atoms with Crippen LogP contribution in [0.25, 0.3) is 88.0 Å². The molecule has 1 aliphatic rings. The van der Waals surface area contributed by atoms with Crippen molar-refractivity contribution in [3.8, 4) is 44.5 Å². The fourth-order valence-electron chi connectivity index (χ4n) is 9.24. The van der Waals surface area contributed by atoms with Crippen molar-refractivity contribution in [1.82, 2.24) is 0 Å². The van der Waals surface area contributed by atoms with Gasteiger partial charge in [-0.2, -0.15) is 0 Å². The Kier molecular flexibility index (Phi) is 5.34. The highest BCUT2D eigenvalue weighted by Gasteiger charge is 2.39. The van der Waals surface area contributed by atoms with Crippen LogP contribution in [0.4, 0.5) is 17.1 Å². The van der Waals surface area contributed by atoms with Crippen LogP contribution in [0.5, 0.6) is 0 Å². The topological polar surface area (TPSA) is 16.4 Å². The van der Waals surface area contributed by atoms with Crippen molar-refractivity contribution < 1.29 is 23.6 Å². The van der Waals surface area contributed by atoms with Gasteiger partial charge in [-0.05, 0) is 114 Å². The van der Waals surface area contributed by atoms with Gasteiger partial charge in [0.05, 0.1) is 24.9 Å². The van der Waals surface area contributed by atoms with Crippen LogP contribution in [0.3, 0.4) is 0 Å². The second kappa shape index (κ2) is 13.7. The van der Waals surface area contributed by atoms with Crippen molar-refractivity contribution >= 4 is 60.5 Å². The zero-order chi connectivity index (χ0) is 52.8. The van der Waals surface area contributed by atoms with Gasteiger partial charge in [-0.3, -0.25) is 0 Å². The van der Waals surface area contributed by atoms with Gasteiger partial charge in [0.15, 0.2) is 0 Å². The summed E-state index contributed by atoms with van der Waals surface area (Å²) in [6, 6.07) is 34.4. The Hall–Kier alpha value is -7.68. The van der Waals surface area contributed by atoms with Gasteiger partial charge in [-0.1, -0.05) is 183 Å². The average molecular weight is 794 g/mol. The number of nitrogens with zero attached hydrogens (tertiary/aromatic N) is 1. The molecule has 0 saturated carbocycles. The van der Waals surface area contributed by atoms with Crippen LogP contribution in [-0.2, 0) is 5.41 Å². The van der Waals surface area contributed by atoms with Gasteiger partial charge in [0.2, 0.25) is 0 Å². The molecule has 0 N–H and O–H groups in total. The summed E-state index contributed by atoms with van der Waals surface area (Å²) in [5, 5.41) is 1.58. The van der Waals surface area contributed by atoms with Gasteiger partial charge in [0, 0.05) is 33.1 Å². The van der Waals surface area contributed by atoms with E-state index in [1.807, 2.05) is 78.9 Å². The molecule has 10 aromatic carbocycles. The van der Waals surface area contributed by atoms with Crippen LogP contribution in [0, 0.1) is 0 Å². The molecule has 288 valence electrons. The van der Waals surface area contributed by atoms with Crippen molar-refractivity contribution in [2.24, 2.45) is 0 Å². The lowest BCUT2D eigenvalue weighted by molar-refractivity contribution is 0.661. The summed E-state index contributed by atoms with van der Waals surface area (Å²) >= 11 is 0. The lowest BCUT2D eigenvalue weighted by Crippen LogP contribution is -2.20. The molecule has 12 rings (SSSR count). The van der Waals surface area contributed by atoms with E-state index in [-0.39, 0.29) is 44.8 Å². The first-order valence-electron chi connectivity index (χ1n) is 27.0. The minimum Gasteiger partial charge on any atom is -0.455 e. The Morgan fingerprint density at radius 2 is 1.00 bits per heavy atom. The smallest absolute Gasteiger partial charge is 0.143 e. The summed E-state index contributed by atoms with van der Waals surface area (Å²) in [6.07, 6.45) is 0. The third kappa shape index (κ3) is 5.56. The van der Waals surface area contributed by atoms with Crippen LogP contribution in [0.1, 0.15) is 44.2 Å². The predicted octanol–water partition coefficient (Wildman–Crippen LogP) is 16.7. The molecule has 1 aliphatic carbocycles. The van der Waals surface area contributed by atoms with Crippen LogP contribution in [0.15, 0.2) is 216 Å². The fraction of sp³-hybridized carbons (Fsp3) is 0.0508. The molecule has 2 nitrogen and oxygen atoms in total. The van der Waals surface area contributed by atoms with Gasteiger partial charge in [0.1, 0.15) is 11.2 Å².